The van der Waals surface area contributed by atoms with E-state index in [9.17, 15) is 9.90 Å². The van der Waals surface area contributed by atoms with Gasteiger partial charge in [0.2, 0.25) is 0 Å². The molecule has 1 atom stereocenters. The lowest BCUT2D eigenvalue weighted by atomic mass is 9.82. The first-order valence-corrected chi connectivity index (χ1v) is 5.49. The first-order chi connectivity index (χ1) is 7.66. The number of aryl methyl sites for hydroxylation is 1. The van der Waals surface area contributed by atoms with Crippen LogP contribution < -0.4 is 0 Å². The molecule has 1 fully saturated rings. The summed E-state index contributed by atoms with van der Waals surface area (Å²) in [5, 5.41) is 13.4. The second kappa shape index (κ2) is 4.25. The Hall–Kier alpha value is -1.36. The van der Waals surface area contributed by atoms with Gasteiger partial charge in [0.15, 0.2) is 0 Å². The van der Waals surface area contributed by atoms with Crippen molar-refractivity contribution >= 4 is 5.97 Å². The van der Waals surface area contributed by atoms with Crippen molar-refractivity contribution in [2.45, 2.75) is 26.3 Å². The number of aliphatic carboxylic acids is 1. The molecule has 1 N–H and O–H groups in total. The van der Waals surface area contributed by atoms with Gasteiger partial charge >= 0.3 is 5.97 Å². The van der Waals surface area contributed by atoms with E-state index in [1.165, 1.54) is 0 Å². The Labute approximate surface area is 94.0 Å². The molecule has 0 bridgehead atoms. The van der Waals surface area contributed by atoms with Gasteiger partial charge < -0.3 is 9.84 Å². The number of carbonyl (C=O) groups is 1. The summed E-state index contributed by atoms with van der Waals surface area (Å²) >= 11 is 0. The number of nitrogens with zero attached hydrogens (tertiary/aromatic N) is 2. The molecule has 2 rings (SSSR count). The lowest BCUT2D eigenvalue weighted by Gasteiger charge is -2.20. The predicted molar refractivity (Wildman–Crippen MR) is 57.1 cm³/mol. The van der Waals surface area contributed by atoms with Crippen LogP contribution in [0.4, 0.5) is 0 Å². The Balaban J connectivity index is 2.14. The number of aromatic nitrogens is 2. The number of hydrogen-bond donors (Lipinski definition) is 1. The number of carboxylic acid groups (broad SMARTS) is 1. The first kappa shape index (κ1) is 11.1. The van der Waals surface area contributed by atoms with Crippen molar-refractivity contribution in [3.8, 4) is 0 Å². The van der Waals surface area contributed by atoms with Crippen LogP contribution in [0.1, 0.15) is 18.9 Å². The smallest absolute Gasteiger partial charge is 0.312 e. The maximum Gasteiger partial charge on any atom is 0.312 e. The zero-order valence-electron chi connectivity index (χ0n) is 9.35. The Morgan fingerprint density at radius 2 is 2.56 bits per heavy atom. The molecule has 0 amide bonds. The summed E-state index contributed by atoms with van der Waals surface area (Å²) in [5.74, 6) is -0.769. The van der Waals surface area contributed by atoms with Crippen molar-refractivity contribution in [3.05, 3.63) is 18.0 Å². The molecule has 1 aliphatic heterocycles. The van der Waals surface area contributed by atoms with E-state index in [4.69, 9.17) is 4.74 Å². The minimum Gasteiger partial charge on any atom is -0.481 e. The highest BCUT2D eigenvalue weighted by molar-refractivity contribution is 5.75. The van der Waals surface area contributed by atoms with E-state index in [1.54, 1.807) is 10.9 Å². The molecule has 88 valence electrons. The molecule has 2 heterocycles. The molecule has 0 aromatic carbocycles. The van der Waals surface area contributed by atoms with E-state index in [1.807, 2.05) is 13.1 Å². The second-order valence-electron chi connectivity index (χ2n) is 4.27. The Kier molecular flexibility index (Phi) is 2.96. The molecule has 0 aliphatic carbocycles. The molecule has 0 saturated carbocycles. The third-order valence-electron chi connectivity index (χ3n) is 3.11. The highest BCUT2D eigenvalue weighted by atomic mass is 16.5. The monoisotopic (exact) mass is 224 g/mol. The van der Waals surface area contributed by atoms with E-state index in [-0.39, 0.29) is 0 Å². The third-order valence-corrected chi connectivity index (χ3v) is 3.11. The van der Waals surface area contributed by atoms with Crippen LogP contribution >= 0.6 is 0 Å². The molecule has 16 heavy (non-hydrogen) atoms. The minimum absolute atomic E-state index is 0.305. The Bertz CT molecular complexity index is 380. The van der Waals surface area contributed by atoms with E-state index in [0.29, 0.717) is 26.1 Å². The molecule has 1 saturated heterocycles. The number of carboxylic acids is 1. The van der Waals surface area contributed by atoms with Crippen molar-refractivity contribution in [1.29, 1.82) is 0 Å². The van der Waals surface area contributed by atoms with Crippen LogP contribution in [0.25, 0.3) is 0 Å². The van der Waals surface area contributed by atoms with Crippen molar-refractivity contribution in [1.82, 2.24) is 9.78 Å². The number of ether oxygens (including phenoxy) is 1. The highest BCUT2D eigenvalue weighted by Gasteiger charge is 2.42. The maximum absolute atomic E-state index is 11.3. The molecular weight excluding hydrogens is 208 g/mol. The maximum atomic E-state index is 11.3. The number of rotatable bonds is 4. The zero-order valence-corrected chi connectivity index (χ0v) is 9.35. The highest BCUT2D eigenvalue weighted by Crippen LogP contribution is 2.32. The fourth-order valence-electron chi connectivity index (χ4n) is 2.05. The zero-order chi connectivity index (χ0) is 11.6. The SMILES string of the molecule is CCn1cc(CC2(C(=O)O)CCOC2)cn1. The molecule has 1 aliphatic rings. The van der Waals surface area contributed by atoms with Gasteiger partial charge in [-0.3, -0.25) is 9.48 Å². The van der Waals surface area contributed by atoms with Gasteiger partial charge in [-0.15, -0.1) is 0 Å². The van der Waals surface area contributed by atoms with Crippen LogP contribution in [-0.4, -0.2) is 34.1 Å². The van der Waals surface area contributed by atoms with Crippen LogP contribution in [0.2, 0.25) is 0 Å². The van der Waals surface area contributed by atoms with Gasteiger partial charge in [-0.05, 0) is 25.3 Å². The number of hydrogen-bond acceptors (Lipinski definition) is 3. The van der Waals surface area contributed by atoms with Gasteiger partial charge in [-0.25, -0.2) is 0 Å². The topological polar surface area (TPSA) is 64.4 Å². The van der Waals surface area contributed by atoms with Gasteiger partial charge in [0.1, 0.15) is 0 Å². The summed E-state index contributed by atoms with van der Waals surface area (Å²) in [6, 6.07) is 0. The van der Waals surface area contributed by atoms with E-state index < -0.39 is 11.4 Å². The van der Waals surface area contributed by atoms with Crippen LogP contribution in [0.5, 0.6) is 0 Å². The van der Waals surface area contributed by atoms with Crippen molar-refractivity contribution in [2.75, 3.05) is 13.2 Å². The molecule has 1 unspecified atom stereocenters. The van der Waals surface area contributed by atoms with Gasteiger partial charge in [0, 0.05) is 19.3 Å². The normalized spacial score (nSPS) is 24.8. The first-order valence-electron chi connectivity index (χ1n) is 5.49. The fraction of sp³-hybridized carbons (Fsp3) is 0.636. The standard InChI is InChI=1S/C11H16N2O3/c1-2-13-7-9(6-12-13)5-11(10(14)15)3-4-16-8-11/h6-7H,2-5,8H2,1H3,(H,14,15). The van der Waals surface area contributed by atoms with Gasteiger partial charge in [-0.1, -0.05) is 0 Å². The third kappa shape index (κ3) is 1.95. The van der Waals surface area contributed by atoms with Crippen LogP contribution in [0.15, 0.2) is 12.4 Å². The molecule has 0 radical (unpaired) electrons. The summed E-state index contributed by atoms with van der Waals surface area (Å²) in [6.07, 6.45) is 4.73. The molecule has 0 spiro atoms. The van der Waals surface area contributed by atoms with E-state index in [2.05, 4.69) is 5.10 Å². The Morgan fingerprint density at radius 1 is 1.75 bits per heavy atom. The Morgan fingerprint density at radius 3 is 3.06 bits per heavy atom. The summed E-state index contributed by atoms with van der Waals surface area (Å²) in [6.45, 7) is 3.65. The van der Waals surface area contributed by atoms with Gasteiger partial charge in [-0.2, -0.15) is 5.10 Å². The van der Waals surface area contributed by atoms with Crippen molar-refractivity contribution in [3.63, 3.8) is 0 Å². The largest absolute Gasteiger partial charge is 0.481 e. The van der Waals surface area contributed by atoms with Crippen LogP contribution in [-0.2, 0) is 22.5 Å². The lowest BCUT2D eigenvalue weighted by Crippen LogP contribution is -2.33. The average Bonchev–Trinajstić information content (AvgIpc) is 2.88. The second-order valence-corrected chi connectivity index (χ2v) is 4.27. The summed E-state index contributed by atoms with van der Waals surface area (Å²) < 4.78 is 7.03. The van der Waals surface area contributed by atoms with Crippen LogP contribution in [0.3, 0.4) is 0 Å². The summed E-state index contributed by atoms with van der Waals surface area (Å²) in [4.78, 5) is 11.3. The van der Waals surface area contributed by atoms with Crippen molar-refractivity contribution in [2.24, 2.45) is 5.41 Å². The molecule has 5 heteroatoms. The minimum atomic E-state index is -0.769. The predicted octanol–water partition coefficient (Wildman–Crippen LogP) is 0.937. The fourth-order valence-corrected chi connectivity index (χ4v) is 2.05. The van der Waals surface area contributed by atoms with Gasteiger partial charge in [0.05, 0.1) is 18.2 Å². The van der Waals surface area contributed by atoms with E-state index in [0.717, 1.165) is 12.1 Å². The van der Waals surface area contributed by atoms with E-state index >= 15 is 0 Å². The van der Waals surface area contributed by atoms with Gasteiger partial charge in [0.25, 0.3) is 0 Å². The molecule has 1 aromatic heterocycles. The summed E-state index contributed by atoms with van der Waals surface area (Å²) in [7, 11) is 0. The summed E-state index contributed by atoms with van der Waals surface area (Å²) in [5.41, 5.74) is 0.219. The molecule has 5 nitrogen and oxygen atoms in total. The lowest BCUT2D eigenvalue weighted by molar-refractivity contribution is -0.148. The van der Waals surface area contributed by atoms with Crippen molar-refractivity contribution < 1.29 is 14.6 Å². The quantitative estimate of drug-likeness (QED) is 0.826. The average molecular weight is 224 g/mol. The van der Waals surface area contributed by atoms with Crippen LogP contribution in [0, 0.1) is 5.41 Å². The molecule has 1 aromatic rings. The molecular formula is C11H16N2O3.